The van der Waals surface area contributed by atoms with Crippen LogP contribution in [0.15, 0.2) is 29.0 Å². The van der Waals surface area contributed by atoms with Crippen LogP contribution in [-0.4, -0.2) is 35.8 Å². The third-order valence-corrected chi connectivity index (χ3v) is 3.75. The molecule has 1 aliphatic heterocycles. The van der Waals surface area contributed by atoms with Crippen molar-refractivity contribution in [3.05, 3.63) is 29.0 Å². The lowest BCUT2D eigenvalue weighted by molar-refractivity contribution is 0.0529. The first-order valence-electron chi connectivity index (χ1n) is 6.02. The molecule has 0 bridgehead atoms. The lowest BCUT2D eigenvalue weighted by atomic mass is 10.2. The summed E-state index contributed by atoms with van der Waals surface area (Å²) in [5.74, 6) is 1.01. The third-order valence-electron chi connectivity index (χ3n) is 3.12. The molecule has 0 unspecified atom stereocenters. The van der Waals surface area contributed by atoms with Gasteiger partial charge in [-0.05, 0) is 41.1 Å². The molecule has 94 valence electrons. The summed E-state index contributed by atoms with van der Waals surface area (Å²) in [6.45, 7) is 4.65. The Kier molecular flexibility index (Phi) is 3.18. The second kappa shape index (κ2) is 4.82. The molecule has 0 N–H and O–H groups in total. The quantitative estimate of drug-likeness (QED) is 0.759. The van der Waals surface area contributed by atoms with Crippen LogP contribution < -0.4 is 4.90 Å². The van der Waals surface area contributed by atoms with Gasteiger partial charge in [0.05, 0.1) is 18.2 Å². The molecule has 1 fully saturated rings. The second-order valence-corrected chi connectivity index (χ2v) is 5.22. The summed E-state index contributed by atoms with van der Waals surface area (Å²) in [6, 6.07) is 6.05. The highest BCUT2D eigenvalue weighted by Gasteiger charge is 2.18. The molecule has 2 aromatic rings. The number of morpholine rings is 1. The fraction of sp³-hybridized carbons (Fsp3) is 0.385. The molecule has 0 saturated carbocycles. The molecule has 18 heavy (non-hydrogen) atoms. The van der Waals surface area contributed by atoms with E-state index in [1.807, 2.05) is 12.1 Å². The summed E-state index contributed by atoms with van der Waals surface area (Å²) in [6.07, 6.45) is 2.03. The number of halogens is 1. The van der Waals surface area contributed by atoms with E-state index in [-0.39, 0.29) is 6.10 Å². The van der Waals surface area contributed by atoms with Gasteiger partial charge in [0.15, 0.2) is 0 Å². The van der Waals surface area contributed by atoms with Crippen molar-refractivity contribution in [1.29, 1.82) is 0 Å². The van der Waals surface area contributed by atoms with Crippen LogP contribution in [0, 0.1) is 0 Å². The van der Waals surface area contributed by atoms with Crippen molar-refractivity contribution < 1.29 is 4.74 Å². The summed E-state index contributed by atoms with van der Waals surface area (Å²) < 4.78 is 6.39. The van der Waals surface area contributed by atoms with Gasteiger partial charge in [-0.15, -0.1) is 0 Å². The number of hydrogen-bond acceptors (Lipinski definition) is 4. The molecule has 1 aliphatic rings. The minimum absolute atomic E-state index is 0.264. The van der Waals surface area contributed by atoms with Crippen molar-refractivity contribution in [2.45, 2.75) is 13.0 Å². The molecule has 1 atom stereocenters. The molecular weight excluding hydrogens is 294 g/mol. The Hall–Kier alpha value is -1.20. The van der Waals surface area contributed by atoms with Crippen molar-refractivity contribution in [3.8, 4) is 0 Å². The topological polar surface area (TPSA) is 38.2 Å². The zero-order chi connectivity index (χ0) is 12.5. The molecule has 3 rings (SSSR count). The van der Waals surface area contributed by atoms with Crippen molar-refractivity contribution in [3.63, 3.8) is 0 Å². The predicted molar refractivity (Wildman–Crippen MR) is 74.9 cm³/mol. The Bertz CT molecular complexity index is 575. The molecule has 0 radical (unpaired) electrons. The van der Waals surface area contributed by atoms with Crippen LogP contribution >= 0.6 is 15.9 Å². The summed E-state index contributed by atoms with van der Waals surface area (Å²) in [5.41, 5.74) is 0.966. The standard InChI is InChI=1S/C13H14BrN3O/c1-9-8-17(6-7-18-9)12-3-2-10-11(16-12)4-5-15-13(10)14/h2-5,9H,6-8H2,1H3/t9-/m1/s1. The number of fused-ring (bicyclic) bond motifs is 1. The normalized spacial score (nSPS) is 20.3. The average Bonchev–Trinajstić information content (AvgIpc) is 2.39. The van der Waals surface area contributed by atoms with Gasteiger partial charge in [-0.25, -0.2) is 9.97 Å². The Morgan fingerprint density at radius 2 is 2.28 bits per heavy atom. The maximum Gasteiger partial charge on any atom is 0.129 e. The number of hydrogen-bond donors (Lipinski definition) is 0. The van der Waals surface area contributed by atoms with E-state index in [9.17, 15) is 0 Å². The number of rotatable bonds is 1. The molecule has 3 heterocycles. The summed E-state index contributed by atoms with van der Waals surface area (Å²) in [4.78, 5) is 11.2. The highest BCUT2D eigenvalue weighted by molar-refractivity contribution is 9.10. The molecule has 2 aromatic heterocycles. The zero-order valence-electron chi connectivity index (χ0n) is 10.1. The van der Waals surface area contributed by atoms with E-state index in [1.165, 1.54) is 0 Å². The molecule has 5 heteroatoms. The SMILES string of the molecule is C[C@@H]1CN(c2ccc3c(Br)nccc3n2)CCO1. The Balaban J connectivity index is 1.98. The fourth-order valence-corrected chi connectivity index (χ4v) is 2.66. The predicted octanol–water partition coefficient (Wildman–Crippen LogP) is 2.62. The number of ether oxygens (including phenoxy) is 1. The van der Waals surface area contributed by atoms with Crippen molar-refractivity contribution in [2.75, 3.05) is 24.6 Å². The minimum atomic E-state index is 0.264. The highest BCUT2D eigenvalue weighted by Crippen LogP contribution is 2.24. The number of aromatic nitrogens is 2. The Labute approximate surface area is 114 Å². The molecule has 1 saturated heterocycles. The van der Waals surface area contributed by atoms with Crippen LogP contribution in [0.1, 0.15) is 6.92 Å². The van der Waals surface area contributed by atoms with E-state index in [0.717, 1.165) is 41.0 Å². The Morgan fingerprint density at radius 1 is 1.39 bits per heavy atom. The highest BCUT2D eigenvalue weighted by atomic mass is 79.9. The van der Waals surface area contributed by atoms with Crippen LogP contribution in [0.3, 0.4) is 0 Å². The zero-order valence-corrected chi connectivity index (χ0v) is 11.7. The van der Waals surface area contributed by atoms with Crippen LogP contribution in [0.4, 0.5) is 5.82 Å². The largest absolute Gasteiger partial charge is 0.375 e. The van der Waals surface area contributed by atoms with Gasteiger partial charge in [0, 0.05) is 24.7 Å². The molecule has 0 aromatic carbocycles. The van der Waals surface area contributed by atoms with Gasteiger partial charge in [0.25, 0.3) is 0 Å². The first kappa shape index (κ1) is 11.9. The van der Waals surface area contributed by atoms with Crippen LogP contribution in [0.25, 0.3) is 10.9 Å². The van der Waals surface area contributed by atoms with E-state index < -0.39 is 0 Å². The van der Waals surface area contributed by atoms with Crippen molar-refractivity contribution >= 4 is 32.7 Å². The second-order valence-electron chi connectivity index (χ2n) is 4.47. The van der Waals surface area contributed by atoms with Crippen LogP contribution in [0.2, 0.25) is 0 Å². The van der Waals surface area contributed by atoms with Gasteiger partial charge >= 0.3 is 0 Å². The smallest absolute Gasteiger partial charge is 0.129 e. The van der Waals surface area contributed by atoms with Gasteiger partial charge in [-0.1, -0.05) is 0 Å². The minimum Gasteiger partial charge on any atom is -0.375 e. The lowest BCUT2D eigenvalue weighted by Gasteiger charge is -2.32. The van der Waals surface area contributed by atoms with Crippen molar-refractivity contribution in [1.82, 2.24) is 9.97 Å². The molecule has 0 amide bonds. The summed E-state index contributed by atoms with van der Waals surface area (Å²) >= 11 is 3.44. The van der Waals surface area contributed by atoms with Crippen LogP contribution in [-0.2, 0) is 4.74 Å². The van der Waals surface area contributed by atoms with E-state index in [1.54, 1.807) is 6.20 Å². The van der Waals surface area contributed by atoms with E-state index in [0.29, 0.717) is 0 Å². The number of anilines is 1. The number of pyridine rings is 2. The third kappa shape index (κ3) is 2.20. The van der Waals surface area contributed by atoms with Gasteiger partial charge in [-0.2, -0.15) is 0 Å². The maximum absolute atomic E-state index is 5.55. The van der Waals surface area contributed by atoms with Gasteiger partial charge < -0.3 is 9.64 Å². The molecule has 4 nitrogen and oxygen atoms in total. The first-order chi connectivity index (χ1) is 8.74. The van der Waals surface area contributed by atoms with Crippen LogP contribution in [0.5, 0.6) is 0 Å². The maximum atomic E-state index is 5.55. The Morgan fingerprint density at radius 3 is 3.11 bits per heavy atom. The van der Waals surface area contributed by atoms with Crippen molar-refractivity contribution in [2.24, 2.45) is 0 Å². The fourth-order valence-electron chi connectivity index (χ4n) is 2.21. The van der Waals surface area contributed by atoms with E-state index >= 15 is 0 Å². The summed E-state index contributed by atoms with van der Waals surface area (Å²) in [7, 11) is 0. The first-order valence-corrected chi connectivity index (χ1v) is 6.81. The van der Waals surface area contributed by atoms with Gasteiger partial charge in [0.2, 0.25) is 0 Å². The van der Waals surface area contributed by atoms with Gasteiger partial charge in [0.1, 0.15) is 10.4 Å². The average molecular weight is 308 g/mol. The molecule has 0 spiro atoms. The van der Waals surface area contributed by atoms with E-state index in [2.05, 4.69) is 38.8 Å². The monoisotopic (exact) mass is 307 g/mol. The molecule has 0 aliphatic carbocycles. The van der Waals surface area contributed by atoms with E-state index in [4.69, 9.17) is 9.72 Å². The summed E-state index contributed by atoms with van der Waals surface area (Å²) in [5, 5.41) is 1.04. The number of nitrogens with zero attached hydrogens (tertiary/aromatic N) is 3. The van der Waals surface area contributed by atoms with Gasteiger partial charge in [-0.3, -0.25) is 0 Å². The molecular formula is C13H14BrN3O. The lowest BCUT2D eigenvalue weighted by Crippen LogP contribution is -2.41.